The Bertz CT molecular complexity index is 800. The molecule has 24 heavy (non-hydrogen) atoms. The van der Waals surface area contributed by atoms with Crippen molar-refractivity contribution < 1.29 is 19.8 Å². The van der Waals surface area contributed by atoms with Crippen molar-refractivity contribution in [3.63, 3.8) is 0 Å². The van der Waals surface area contributed by atoms with Crippen molar-refractivity contribution >= 4 is 17.4 Å². The van der Waals surface area contributed by atoms with Crippen molar-refractivity contribution in [2.75, 3.05) is 11.4 Å². The number of carboxylic acid groups (broad SMARTS) is 1. The van der Waals surface area contributed by atoms with Crippen LogP contribution < -0.4 is 4.90 Å². The summed E-state index contributed by atoms with van der Waals surface area (Å²) < 4.78 is 0. The fraction of sp³-hybridized carbons (Fsp3) is 0.263. The Balaban J connectivity index is 1.96. The molecule has 1 aliphatic heterocycles. The monoisotopic (exact) mass is 325 g/mol. The predicted octanol–water partition coefficient (Wildman–Crippen LogP) is 3.31. The maximum atomic E-state index is 12.7. The Kier molecular flexibility index (Phi) is 4.25. The number of aromatic carboxylic acids is 1. The molecule has 1 fully saturated rings. The lowest BCUT2D eigenvalue weighted by Gasteiger charge is -2.24. The second-order valence-electron chi connectivity index (χ2n) is 6.07. The topological polar surface area (TPSA) is 77.8 Å². The average molecular weight is 325 g/mol. The Morgan fingerprint density at radius 2 is 1.79 bits per heavy atom. The molecule has 0 bridgehead atoms. The van der Waals surface area contributed by atoms with Crippen LogP contribution in [0, 0.1) is 0 Å². The Morgan fingerprint density at radius 1 is 1.08 bits per heavy atom. The van der Waals surface area contributed by atoms with Gasteiger partial charge in [-0.25, -0.2) is 4.79 Å². The van der Waals surface area contributed by atoms with Gasteiger partial charge in [0.15, 0.2) is 5.78 Å². The maximum Gasteiger partial charge on any atom is 0.336 e. The van der Waals surface area contributed by atoms with Crippen LogP contribution in [0.25, 0.3) is 0 Å². The number of benzene rings is 2. The second-order valence-corrected chi connectivity index (χ2v) is 6.07. The first-order valence-corrected chi connectivity index (χ1v) is 7.95. The lowest BCUT2D eigenvalue weighted by molar-refractivity contribution is 0.0692. The molecule has 2 N–H and O–H groups in total. The normalized spacial score (nSPS) is 17.0. The van der Waals surface area contributed by atoms with Crippen molar-refractivity contribution in [3.8, 4) is 5.75 Å². The summed E-state index contributed by atoms with van der Waals surface area (Å²) >= 11 is 0. The van der Waals surface area contributed by atoms with E-state index in [1.54, 1.807) is 30.3 Å². The van der Waals surface area contributed by atoms with E-state index in [-0.39, 0.29) is 22.4 Å². The molecule has 2 aromatic rings. The molecule has 1 saturated heterocycles. The van der Waals surface area contributed by atoms with Gasteiger partial charge in [0.2, 0.25) is 0 Å². The van der Waals surface area contributed by atoms with E-state index in [9.17, 15) is 19.8 Å². The molecule has 0 amide bonds. The zero-order valence-electron chi connectivity index (χ0n) is 13.4. The van der Waals surface area contributed by atoms with Crippen LogP contribution in [0.3, 0.4) is 0 Å². The Morgan fingerprint density at radius 3 is 2.38 bits per heavy atom. The molecule has 5 nitrogen and oxygen atoms in total. The smallest absolute Gasteiger partial charge is 0.336 e. The highest BCUT2D eigenvalue weighted by Crippen LogP contribution is 2.31. The first-order valence-electron chi connectivity index (χ1n) is 7.95. The first kappa shape index (κ1) is 16.1. The Labute approximate surface area is 140 Å². The molecule has 124 valence electrons. The number of hydrogen-bond acceptors (Lipinski definition) is 4. The van der Waals surface area contributed by atoms with Crippen molar-refractivity contribution in [1.29, 1.82) is 0 Å². The zero-order valence-corrected chi connectivity index (χ0v) is 13.4. The van der Waals surface area contributed by atoms with E-state index in [1.807, 2.05) is 0 Å². The molecular formula is C19H19NO4. The number of rotatable bonds is 4. The number of phenolic OH excluding ortho intramolecular Hbond substituents is 1. The van der Waals surface area contributed by atoms with Gasteiger partial charge in [0.25, 0.3) is 0 Å². The SMILES string of the molecule is CC1CCCN1c1ccc(C(=O)c2ccccc2C(=O)O)c(O)c1. The van der Waals surface area contributed by atoms with E-state index in [0.717, 1.165) is 25.1 Å². The maximum absolute atomic E-state index is 12.7. The van der Waals surface area contributed by atoms with Gasteiger partial charge < -0.3 is 15.1 Å². The number of ketones is 1. The summed E-state index contributed by atoms with van der Waals surface area (Å²) in [6.07, 6.45) is 2.21. The number of hydrogen-bond donors (Lipinski definition) is 2. The van der Waals surface area contributed by atoms with Crippen LogP contribution in [0.5, 0.6) is 5.75 Å². The van der Waals surface area contributed by atoms with Gasteiger partial charge in [0.1, 0.15) is 5.75 Å². The highest BCUT2D eigenvalue weighted by molar-refractivity contribution is 6.15. The number of carbonyl (C=O) groups is 2. The quantitative estimate of drug-likeness (QED) is 0.843. The van der Waals surface area contributed by atoms with Crippen LogP contribution in [-0.2, 0) is 0 Å². The molecule has 2 aromatic carbocycles. The number of carbonyl (C=O) groups excluding carboxylic acids is 1. The van der Waals surface area contributed by atoms with E-state index >= 15 is 0 Å². The van der Waals surface area contributed by atoms with Crippen LogP contribution in [0.15, 0.2) is 42.5 Å². The van der Waals surface area contributed by atoms with Gasteiger partial charge >= 0.3 is 5.97 Å². The third-order valence-corrected chi connectivity index (χ3v) is 4.51. The molecule has 0 aliphatic carbocycles. The third-order valence-electron chi connectivity index (χ3n) is 4.51. The summed E-state index contributed by atoms with van der Waals surface area (Å²) in [5.74, 6) is -1.79. The largest absolute Gasteiger partial charge is 0.507 e. The van der Waals surface area contributed by atoms with Gasteiger partial charge in [0.05, 0.1) is 11.1 Å². The molecule has 1 heterocycles. The highest BCUT2D eigenvalue weighted by atomic mass is 16.4. The van der Waals surface area contributed by atoms with Crippen LogP contribution in [0.2, 0.25) is 0 Å². The van der Waals surface area contributed by atoms with E-state index in [1.165, 1.54) is 12.1 Å². The molecular weight excluding hydrogens is 306 g/mol. The molecule has 1 unspecified atom stereocenters. The average Bonchev–Trinajstić information content (AvgIpc) is 3.00. The van der Waals surface area contributed by atoms with Crippen LogP contribution in [0.1, 0.15) is 46.0 Å². The first-order chi connectivity index (χ1) is 11.5. The van der Waals surface area contributed by atoms with Gasteiger partial charge in [-0.15, -0.1) is 0 Å². The summed E-state index contributed by atoms with van der Waals surface area (Å²) in [6.45, 7) is 3.06. The van der Waals surface area contributed by atoms with Gasteiger partial charge in [0, 0.05) is 29.9 Å². The fourth-order valence-corrected chi connectivity index (χ4v) is 3.22. The standard InChI is InChI=1S/C19H19NO4/c1-12-5-4-10-20(12)13-8-9-16(17(21)11-13)18(22)14-6-2-3-7-15(14)19(23)24/h2-3,6-9,11-12,21H,4-5,10H2,1H3,(H,23,24). The van der Waals surface area contributed by atoms with Crippen molar-refractivity contribution in [2.24, 2.45) is 0 Å². The summed E-state index contributed by atoms with van der Waals surface area (Å²) in [6, 6.07) is 11.4. The summed E-state index contributed by atoms with van der Waals surface area (Å²) in [4.78, 5) is 26.1. The van der Waals surface area contributed by atoms with Crippen LogP contribution in [-0.4, -0.2) is 34.6 Å². The summed E-state index contributed by atoms with van der Waals surface area (Å²) in [7, 11) is 0. The van der Waals surface area contributed by atoms with Gasteiger partial charge in [-0.05, 0) is 38.0 Å². The molecule has 1 aliphatic rings. The van der Waals surface area contributed by atoms with Crippen LogP contribution in [0.4, 0.5) is 5.69 Å². The molecule has 0 spiro atoms. The molecule has 0 aromatic heterocycles. The molecule has 3 rings (SSSR count). The highest BCUT2D eigenvalue weighted by Gasteiger charge is 2.23. The van der Waals surface area contributed by atoms with Crippen molar-refractivity contribution in [1.82, 2.24) is 0 Å². The zero-order chi connectivity index (χ0) is 17.3. The van der Waals surface area contributed by atoms with E-state index < -0.39 is 11.8 Å². The minimum Gasteiger partial charge on any atom is -0.507 e. The molecule has 1 atom stereocenters. The number of nitrogens with zero attached hydrogens (tertiary/aromatic N) is 1. The van der Waals surface area contributed by atoms with E-state index in [2.05, 4.69) is 11.8 Å². The lowest BCUT2D eigenvalue weighted by Crippen LogP contribution is -2.26. The number of carboxylic acids is 1. The third kappa shape index (κ3) is 2.85. The summed E-state index contributed by atoms with van der Waals surface area (Å²) in [5.41, 5.74) is 0.988. The van der Waals surface area contributed by atoms with Crippen molar-refractivity contribution in [2.45, 2.75) is 25.8 Å². The minimum absolute atomic E-state index is 0.0702. The van der Waals surface area contributed by atoms with Crippen LogP contribution >= 0.6 is 0 Å². The number of anilines is 1. The number of aromatic hydroxyl groups is 1. The second kappa shape index (κ2) is 6.35. The lowest BCUT2D eigenvalue weighted by atomic mass is 9.97. The van der Waals surface area contributed by atoms with Gasteiger partial charge in [-0.1, -0.05) is 18.2 Å². The fourth-order valence-electron chi connectivity index (χ4n) is 3.22. The molecule has 5 heteroatoms. The van der Waals surface area contributed by atoms with Crippen molar-refractivity contribution in [3.05, 3.63) is 59.2 Å². The predicted molar refractivity (Wildman–Crippen MR) is 91.0 cm³/mol. The minimum atomic E-state index is -1.17. The Hall–Kier alpha value is -2.82. The van der Waals surface area contributed by atoms with Gasteiger partial charge in [-0.2, -0.15) is 0 Å². The summed E-state index contributed by atoms with van der Waals surface area (Å²) in [5, 5.41) is 19.5. The molecule has 0 saturated carbocycles. The van der Waals surface area contributed by atoms with E-state index in [0.29, 0.717) is 6.04 Å². The number of phenols is 1. The van der Waals surface area contributed by atoms with E-state index in [4.69, 9.17) is 0 Å². The molecule has 0 radical (unpaired) electrons. The van der Waals surface area contributed by atoms with Gasteiger partial charge in [-0.3, -0.25) is 4.79 Å².